The van der Waals surface area contributed by atoms with Crippen LogP contribution in [0.1, 0.15) is 232 Å². The van der Waals surface area contributed by atoms with Crippen molar-refractivity contribution >= 4 is 19.8 Å². The zero-order valence-electron chi connectivity index (χ0n) is 37.4. The lowest BCUT2D eigenvalue weighted by Crippen LogP contribution is -2.29. The number of phosphoric acid groups is 1. The normalized spacial score (nSPS) is 12.8. The molecule has 1 atom stereocenters. The molecule has 0 saturated carbocycles. The van der Waals surface area contributed by atoms with E-state index in [1.165, 1.54) is 148 Å². The largest absolute Gasteiger partial charge is 0.469 e. The van der Waals surface area contributed by atoms with Crippen molar-refractivity contribution in [2.75, 3.05) is 13.2 Å². The summed E-state index contributed by atoms with van der Waals surface area (Å²) in [5.74, 6) is -0.983. The van der Waals surface area contributed by atoms with Gasteiger partial charge in [0.05, 0.1) is 6.61 Å². The zero-order chi connectivity index (χ0) is 42.5. The molecule has 0 aliphatic carbocycles. The fourth-order valence-corrected chi connectivity index (χ4v) is 7.09. The highest BCUT2D eigenvalue weighted by molar-refractivity contribution is 7.46. The van der Waals surface area contributed by atoms with Gasteiger partial charge in [0.2, 0.25) is 0 Å². The minimum absolute atomic E-state index is 0.143. The van der Waals surface area contributed by atoms with Crippen molar-refractivity contribution in [3.05, 3.63) is 48.6 Å². The van der Waals surface area contributed by atoms with Crippen molar-refractivity contribution in [2.45, 2.75) is 238 Å². The number of carbonyl (C=O) groups excluding carboxylic acids is 2. The number of hydrogen-bond donors (Lipinski definition) is 2. The summed E-state index contributed by atoms with van der Waals surface area (Å²) in [5.41, 5.74) is 0. The number of esters is 2. The van der Waals surface area contributed by atoms with Gasteiger partial charge in [-0.3, -0.25) is 14.1 Å². The Bertz CT molecular complexity index is 1080. The van der Waals surface area contributed by atoms with Crippen LogP contribution < -0.4 is 0 Å². The topological polar surface area (TPSA) is 119 Å². The van der Waals surface area contributed by atoms with E-state index in [0.717, 1.165) is 44.9 Å². The molecule has 0 unspecified atom stereocenters. The molecule has 9 heteroatoms. The highest BCUT2D eigenvalue weighted by Gasteiger charge is 2.22. The van der Waals surface area contributed by atoms with Gasteiger partial charge in [0.25, 0.3) is 0 Å². The Kier molecular flexibility index (Phi) is 43.0. The molecule has 338 valence electrons. The number of unbranched alkanes of at least 4 members (excludes halogenated alkanes) is 26. The summed E-state index contributed by atoms with van der Waals surface area (Å²) in [6.45, 7) is 3.64. The number of carbonyl (C=O) groups is 2. The third-order valence-electron chi connectivity index (χ3n) is 10.3. The molecule has 0 rings (SSSR count). The van der Waals surface area contributed by atoms with E-state index in [9.17, 15) is 14.2 Å². The quantitative estimate of drug-likeness (QED) is 0.0269. The maximum atomic E-state index is 12.4. The van der Waals surface area contributed by atoms with Crippen LogP contribution in [0.25, 0.3) is 0 Å². The van der Waals surface area contributed by atoms with Gasteiger partial charge in [-0.05, 0) is 70.6 Å². The smallest absolute Gasteiger partial charge is 0.462 e. The zero-order valence-corrected chi connectivity index (χ0v) is 38.3. The number of allylic oxidation sites excluding steroid dienone is 8. The molecule has 0 fully saturated rings. The lowest BCUT2D eigenvalue weighted by molar-refractivity contribution is -0.161. The third-order valence-corrected chi connectivity index (χ3v) is 10.8. The first-order valence-corrected chi connectivity index (χ1v) is 25.5. The van der Waals surface area contributed by atoms with Crippen molar-refractivity contribution in [1.82, 2.24) is 0 Å². The van der Waals surface area contributed by atoms with E-state index in [1.54, 1.807) is 0 Å². The van der Waals surface area contributed by atoms with Crippen LogP contribution in [-0.4, -0.2) is 41.0 Å². The maximum absolute atomic E-state index is 12.4. The van der Waals surface area contributed by atoms with Gasteiger partial charge in [-0.15, -0.1) is 0 Å². The van der Waals surface area contributed by atoms with E-state index in [1.807, 2.05) is 0 Å². The van der Waals surface area contributed by atoms with E-state index in [4.69, 9.17) is 19.3 Å². The van der Waals surface area contributed by atoms with Crippen LogP contribution in [0.2, 0.25) is 0 Å². The van der Waals surface area contributed by atoms with Crippen LogP contribution in [0.15, 0.2) is 48.6 Å². The molecule has 0 aromatic heterocycles. The second-order valence-corrected chi connectivity index (χ2v) is 17.3. The number of rotatable bonds is 44. The fraction of sp³-hybridized carbons (Fsp3) is 0.796. The van der Waals surface area contributed by atoms with Gasteiger partial charge in [-0.1, -0.05) is 197 Å². The first-order chi connectivity index (χ1) is 28.3. The van der Waals surface area contributed by atoms with Gasteiger partial charge in [0, 0.05) is 12.8 Å². The Morgan fingerprint density at radius 3 is 1.21 bits per heavy atom. The van der Waals surface area contributed by atoms with Crippen LogP contribution in [0.5, 0.6) is 0 Å². The molecule has 0 amide bonds. The Balaban J connectivity index is 3.95. The Morgan fingerprint density at radius 1 is 0.448 bits per heavy atom. The van der Waals surface area contributed by atoms with Crippen molar-refractivity contribution in [3.8, 4) is 0 Å². The number of phosphoric ester groups is 1. The Morgan fingerprint density at radius 2 is 0.793 bits per heavy atom. The minimum atomic E-state index is -4.78. The fourth-order valence-electron chi connectivity index (χ4n) is 6.73. The molecule has 58 heavy (non-hydrogen) atoms. The monoisotopic (exact) mass is 837 g/mol. The molecule has 0 bridgehead atoms. The predicted octanol–water partition coefficient (Wildman–Crippen LogP) is 15.1. The average Bonchev–Trinajstić information content (AvgIpc) is 3.20. The second kappa shape index (κ2) is 44.6. The van der Waals surface area contributed by atoms with E-state index in [0.29, 0.717) is 12.8 Å². The van der Waals surface area contributed by atoms with Crippen LogP contribution in [0, 0.1) is 0 Å². The SMILES string of the molecule is CCCCCCCCCCC/C=C/C/C=C/CCCC(=O)OC[C@H](COP(=O)(O)O)OC(=O)CCC/C=C/CC/C=C/CCCCCCCCCCCCCCCC. The second-order valence-electron chi connectivity index (χ2n) is 16.1. The first kappa shape index (κ1) is 56.0. The lowest BCUT2D eigenvalue weighted by Gasteiger charge is -2.18. The van der Waals surface area contributed by atoms with Crippen LogP contribution in [-0.2, 0) is 28.2 Å². The average molecular weight is 837 g/mol. The Labute approximate surface area is 356 Å². The van der Waals surface area contributed by atoms with Crippen molar-refractivity contribution in [1.29, 1.82) is 0 Å². The Hall–Kier alpha value is -1.99. The van der Waals surface area contributed by atoms with Crippen molar-refractivity contribution < 1.29 is 37.9 Å². The minimum Gasteiger partial charge on any atom is -0.462 e. The van der Waals surface area contributed by atoms with Crippen molar-refractivity contribution in [3.63, 3.8) is 0 Å². The maximum Gasteiger partial charge on any atom is 0.469 e. The van der Waals surface area contributed by atoms with E-state index in [-0.39, 0.29) is 19.4 Å². The summed E-state index contributed by atoms with van der Waals surface area (Å²) in [7, 11) is -4.78. The molecular weight excluding hydrogens is 748 g/mol. The van der Waals surface area contributed by atoms with E-state index in [2.05, 4.69) is 67.0 Å². The molecule has 0 aromatic rings. The summed E-state index contributed by atoms with van der Waals surface area (Å²) in [5, 5.41) is 0. The van der Waals surface area contributed by atoms with Crippen LogP contribution >= 0.6 is 7.82 Å². The summed E-state index contributed by atoms with van der Waals surface area (Å²) in [4.78, 5) is 42.9. The van der Waals surface area contributed by atoms with E-state index >= 15 is 0 Å². The highest BCUT2D eigenvalue weighted by atomic mass is 31.2. The van der Waals surface area contributed by atoms with Gasteiger partial charge < -0.3 is 19.3 Å². The van der Waals surface area contributed by atoms with Gasteiger partial charge in [-0.2, -0.15) is 0 Å². The summed E-state index contributed by atoms with van der Waals surface area (Å²) in [6, 6.07) is 0. The third kappa shape index (κ3) is 46.7. The van der Waals surface area contributed by atoms with Gasteiger partial charge in [-0.25, -0.2) is 4.57 Å². The molecule has 0 spiro atoms. The molecule has 0 saturated heterocycles. The van der Waals surface area contributed by atoms with Gasteiger partial charge >= 0.3 is 19.8 Å². The number of hydrogen-bond acceptors (Lipinski definition) is 6. The highest BCUT2D eigenvalue weighted by Crippen LogP contribution is 2.36. The molecule has 0 heterocycles. The predicted molar refractivity (Wildman–Crippen MR) is 244 cm³/mol. The van der Waals surface area contributed by atoms with Crippen LogP contribution in [0.4, 0.5) is 0 Å². The molecule has 0 aliphatic rings. The molecule has 0 aromatic carbocycles. The molecule has 8 nitrogen and oxygen atoms in total. The molecular formula is C49H89O8P. The summed E-state index contributed by atoms with van der Waals surface area (Å²) < 4.78 is 26.4. The standard InChI is InChI=1S/C49H89O8P/c1-3-5-7-9-11-13-15-17-19-21-22-23-24-25-26-28-30-32-34-36-38-40-42-44-49(51)57-47(46-56-58(52,53)54)45-55-48(50)43-41-39-37-35-33-31-29-27-20-18-16-14-12-10-8-6-4-2/h28-31,35-38,47H,3-27,32-34,39-46H2,1-2H3,(H2,52,53,54)/b30-28+,31-29+,37-35+,38-36+/t47-/m1/s1. The summed E-state index contributed by atoms with van der Waals surface area (Å²) >= 11 is 0. The van der Waals surface area contributed by atoms with Crippen LogP contribution in [0.3, 0.4) is 0 Å². The van der Waals surface area contributed by atoms with Crippen molar-refractivity contribution in [2.24, 2.45) is 0 Å². The summed E-state index contributed by atoms with van der Waals surface area (Å²) in [6.07, 6.45) is 55.8. The van der Waals surface area contributed by atoms with Gasteiger partial charge in [0.15, 0.2) is 6.10 Å². The molecule has 0 radical (unpaired) electrons. The van der Waals surface area contributed by atoms with E-state index < -0.39 is 32.5 Å². The lowest BCUT2D eigenvalue weighted by atomic mass is 10.0. The molecule has 2 N–H and O–H groups in total. The number of ether oxygens (including phenoxy) is 2. The molecule has 0 aliphatic heterocycles. The van der Waals surface area contributed by atoms with Gasteiger partial charge in [0.1, 0.15) is 6.61 Å². The first-order valence-electron chi connectivity index (χ1n) is 23.9.